The van der Waals surface area contributed by atoms with Gasteiger partial charge in [-0.15, -0.1) is 13.2 Å². The summed E-state index contributed by atoms with van der Waals surface area (Å²) < 4.78 is 111. The van der Waals surface area contributed by atoms with Gasteiger partial charge in [-0.2, -0.15) is 0 Å². The van der Waals surface area contributed by atoms with Crippen molar-refractivity contribution in [3.8, 4) is 11.5 Å². The van der Waals surface area contributed by atoms with Crippen LogP contribution in [0.5, 0.6) is 11.5 Å². The molecule has 0 saturated carbocycles. The number of likely N-dealkylation sites (tertiary alicyclic amines) is 1. The Balaban J connectivity index is 0.982. The van der Waals surface area contributed by atoms with Crippen LogP contribution in [-0.2, 0) is 9.84 Å². The van der Waals surface area contributed by atoms with Crippen molar-refractivity contribution < 1.29 is 39.8 Å². The fourth-order valence-corrected chi connectivity index (χ4v) is 12.5. The van der Waals surface area contributed by atoms with Crippen LogP contribution in [0, 0.1) is 11.6 Å². The SMILES string of the molecule is CCCCCCCCCCCCCCCCCCCCCCOc1cc(F)c(S(=O)(=O)c2cnc3ccc(OC(F)(F)F)cc3c2N2CCC(N3CCN(C4CCN(CC)CC4)CC3)CC2)c(F)c1. The molecule has 3 aromatic rings. The van der Waals surface area contributed by atoms with E-state index >= 15 is 8.78 Å². The van der Waals surface area contributed by atoms with Crippen molar-refractivity contribution in [2.75, 3.05) is 70.4 Å². The summed E-state index contributed by atoms with van der Waals surface area (Å²) in [5, 5.41) is 0.0783. The van der Waals surface area contributed by atoms with E-state index in [2.05, 4.69) is 38.3 Å². The first kappa shape index (κ1) is 55.1. The third-order valence-electron chi connectivity index (χ3n) is 15.0. The number of piperazine rings is 1. The summed E-state index contributed by atoms with van der Waals surface area (Å²) in [4.78, 5) is 12.0. The Morgan fingerprint density at radius 3 is 1.54 bits per heavy atom. The van der Waals surface area contributed by atoms with Gasteiger partial charge in [0.25, 0.3) is 0 Å². The van der Waals surface area contributed by atoms with Gasteiger partial charge in [-0.05, 0) is 69.9 Å². The second kappa shape index (κ2) is 28.1. The molecule has 0 spiro atoms. The van der Waals surface area contributed by atoms with E-state index in [1.54, 1.807) is 4.90 Å². The van der Waals surface area contributed by atoms with Crippen LogP contribution in [0.3, 0.4) is 0 Å². The van der Waals surface area contributed by atoms with E-state index in [4.69, 9.17) is 4.74 Å². The van der Waals surface area contributed by atoms with Gasteiger partial charge in [-0.1, -0.05) is 136 Å². The summed E-state index contributed by atoms with van der Waals surface area (Å²) in [5.74, 6) is -3.30. The van der Waals surface area contributed by atoms with Crippen LogP contribution in [0.2, 0.25) is 0 Å². The van der Waals surface area contributed by atoms with Gasteiger partial charge in [-0.3, -0.25) is 14.8 Å². The minimum absolute atomic E-state index is 0.0491. The third kappa shape index (κ3) is 16.9. The molecule has 3 aliphatic heterocycles. The molecule has 0 N–H and O–H groups in total. The minimum Gasteiger partial charge on any atom is -0.493 e. The lowest BCUT2D eigenvalue weighted by atomic mass is 9.99. The van der Waals surface area contributed by atoms with Gasteiger partial charge in [0, 0.05) is 75.1 Å². The van der Waals surface area contributed by atoms with Crippen LogP contribution < -0.4 is 14.4 Å². The van der Waals surface area contributed by atoms with Crippen molar-refractivity contribution in [1.29, 1.82) is 0 Å². The Morgan fingerprint density at radius 2 is 1.07 bits per heavy atom. The molecule has 0 bridgehead atoms. The zero-order chi connectivity index (χ0) is 49.1. The van der Waals surface area contributed by atoms with Crippen LogP contribution in [0.4, 0.5) is 27.6 Å². The van der Waals surface area contributed by atoms with Crippen molar-refractivity contribution in [1.82, 2.24) is 19.7 Å². The van der Waals surface area contributed by atoms with E-state index in [1.165, 1.54) is 122 Å². The van der Waals surface area contributed by atoms with Crippen LogP contribution in [-0.4, -0.2) is 112 Å². The molecular weight excluding hydrogens is 910 g/mol. The van der Waals surface area contributed by atoms with E-state index in [9.17, 15) is 21.6 Å². The number of piperidine rings is 2. The molecule has 0 radical (unpaired) electrons. The number of anilines is 1. The van der Waals surface area contributed by atoms with Crippen LogP contribution in [0.25, 0.3) is 10.9 Å². The number of hydrogen-bond acceptors (Lipinski definition) is 9. The number of fused-ring (bicyclic) bond motifs is 1. The monoisotopic (exact) mass is 992 g/mol. The first-order valence-electron chi connectivity index (χ1n) is 26.9. The number of ether oxygens (including phenoxy) is 2. The Labute approximate surface area is 410 Å². The molecule has 2 aromatic carbocycles. The molecule has 9 nitrogen and oxygen atoms in total. The van der Waals surface area contributed by atoms with Gasteiger partial charge in [0.05, 0.1) is 17.8 Å². The number of aromatic nitrogens is 1. The van der Waals surface area contributed by atoms with Gasteiger partial charge >= 0.3 is 6.36 Å². The average Bonchev–Trinajstić information content (AvgIpc) is 3.33. The van der Waals surface area contributed by atoms with Gasteiger partial charge < -0.3 is 19.3 Å². The lowest BCUT2D eigenvalue weighted by Crippen LogP contribution is -2.56. The van der Waals surface area contributed by atoms with Crippen molar-refractivity contribution >= 4 is 26.4 Å². The molecule has 0 unspecified atom stereocenters. The molecule has 0 amide bonds. The highest BCUT2D eigenvalue weighted by Gasteiger charge is 2.37. The number of nitrogens with zero attached hydrogens (tertiary/aromatic N) is 5. The largest absolute Gasteiger partial charge is 0.573 e. The highest BCUT2D eigenvalue weighted by molar-refractivity contribution is 7.91. The van der Waals surface area contributed by atoms with Gasteiger partial charge in [-0.25, -0.2) is 17.2 Å². The molecule has 6 rings (SSSR count). The number of rotatable bonds is 29. The molecule has 3 aliphatic rings. The highest BCUT2D eigenvalue weighted by Crippen LogP contribution is 2.41. The number of hydrogen-bond donors (Lipinski definition) is 0. The Bertz CT molecular complexity index is 2060. The van der Waals surface area contributed by atoms with Gasteiger partial charge in [0.2, 0.25) is 9.84 Å². The maximum atomic E-state index is 15.9. The smallest absolute Gasteiger partial charge is 0.493 e. The summed E-state index contributed by atoms with van der Waals surface area (Å²) in [5.41, 5.74) is 0.268. The third-order valence-corrected chi connectivity index (χ3v) is 16.8. The Hall–Kier alpha value is -3.27. The number of halogens is 5. The topological polar surface area (TPSA) is 78.4 Å². The summed E-state index contributed by atoms with van der Waals surface area (Å²) in [6.07, 6.45) is 25.0. The van der Waals surface area contributed by atoms with E-state index < -0.39 is 43.4 Å². The standard InChI is InChI=1S/C54H82F5N5O4S/c1-3-5-6-7-8-9-10-11-12-13-14-15-16-17-18-19-20-21-22-23-38-67-46-40-48(55)53(49(56)41-46)69(65,66)51-42-60-50-25-24-45(68-54(57,58)59)39-47(50)52(51)64-32-28-44(29-33-64)63-36-34-62(35-37-63)43-26-30-61(4-2)31-27-43/h24-25,39-44H,3-23,26-38H2,1-2H3. The predicted molar refractivity (Wildman–Crippen MR) is 267 cm³/mol. The minimum atomic E-state index is -5.00. The number of pyridine rings is 1. The van der Waals surface area contributed by atoms with E-state index in [1.807, 2.05) is 0 Å². The van der Waals surface area contributed by atoms with E-state index in [-0.39, 0.29) is 35.0 Å². The molecule has 0 aliphatic carbocycles. The summed E-state index contributed by atoms with van der Waals surface area (Å²) in [6, 6.07) is 6.13. The fourth-order valence-electron chi connectivity index (χ4n) is 10.9. The quantitative estimate of drug-likeness (QED) is 0.0499. The molecule has 388 valence electrons. The summed E-state index contributed by atoms with van der Waals surface area (Å²) in [7, 11) is -4.94. The second-order valence-corrected chi connectivity index (χ2v) is 21.8. The molecule has 69 heavy (non-hydrogen) atoms. The first-order chi connectivity index (χ1) is 33.4. The van der Waals surface area contributed by atoms with Crippen molar-refractivity contribution in [3.05, 3.63) is 48.2 Å². The normalized spacial score (nSPS) is 17.6. The Morgan fingerprint density at radius 1 is 0.609 bits per heavy atom. The average molecular weight is 992 g/mol. The Kier molecular flexibility index (Phi) is 22.4. The predicted octanol–water partition coefficient (Wildman–Crippen LogP) is 13.5. The molecular formula is C54H82F5N5O4S. The number of sulfone groups is 1. The van der Waals surface area contributed by atoms with Crippen molar-refractivity contribution in [3.63, 3.8) is 0 Å². The molecule has 3 fully saturated rings. The zero-order valence-corrected chi connectivity index (χ0v) is 42.6. The van der Waals surface area contributed by atoms with Crippen molar-refractivity contribution in [2.24, 2.45) is 0 Å². The molecule has 15 heteroatoms. The highest BCUT2D eigenvalue weighted by atomic mass is 32.2. The number of alkyl halides is 3. The fraction of sp³-hybridized carbons (Fsp3) is 0.722. The molecule has 0 atom stereocenters. The van der Waals surface area contributed by atoms with Gasteiger partial charge in [0.15, 0.2) is 0 Å². The van der Waals surface area contributed by atoms with Gasteiger partial charge in [0.1, 0.15) is 32.9 Å². The second-order valence-electron chi connectivity index (χ2n) is 19.9. The number of benzene rings is 2. The van der Waals surface area contributed by atoms with E-state index in [0.717, 1.165) is 95.5 Å². The number of unbranched alkanes of at least 4 members (excludes halogenated alkanes) is 19. The van der Waals surface area contributed by atoms with Crippen LogP contribution in [0.1, 0.15) is 168 Å². The summed E-state index contributed by atoms with van der Waals surface area (Å²) >= 11 is 0. The molecule has 4 heterocycles. The van der Waals surface area contributed by atoms with Crippen LogP contribution >= 0.6 is 0 Å². The molecule has 1 aromatic heterocycles. The molecule has 3 saturated heterocycles. The lowest BCUT2D eigenvalue weighted by molar-refractivity contribution is -0.274. The first-order valence-corrected chi connectivity index (χ1v) is 28.4. The lowest BCUT2D eigenvalue weighted by Gasteiger charge is -2.46. The zero-order valence-electron chi connectivity index (χ0n) is 41.8. The summed E-state index contributed by atoms with van der Waals surface area (Å²) in [6.45, 7) is 12.6. The van der Waals surface area contributed by atoms with Crippen molar-refractivity contribution in [2.45, 2.75) is 196 Å². The maximum Gasteiger partial charge on any atom is 0.573 e. The maximum absolute atomic E-state index is 15.9. The van der Waals surface area contributed by atoms with E-state index in [0.29, 0.717) is 38.4 Å². The van der Waals surface area contributed by atoms with Crippen LogP contribution in [0.15, 0.2) is 46.3 Å².